The Morgan fingerprint density at radius 1 is 1.30 bits per heavy atom. The summed E-state index contributed by atoms with van der Waals surface area (Å²) in [6, 6.07) is 9.98. The molecule has 2 heterocycles. The van der Waals surface area contributed by atoms with Crippen LogP contribution in [0.2, 0.25) is 0 Å². The van der Waals surface area contributed by atoms with Crippen LogP contribution in [-0.2, 0) is 16.1 Å². The van der Waals surface area contributed by atoms with Gasteiger partial charge in [0.2, 0.25) is 11.8 Å². The van der Waals surface area contributed by atoms with E-state index >= 15 is 0 Å². The van der Waals surface area contributed by atoms with Crippen LogP contribution in [0.1, 0.15) is 24.8 Å². The Bertz CT molecular complexity index is 532. The van der Waals surface area contributed by atoms with Gasteiger partial charge in [0.1, 0.15) is 0 Å². The first-order valence-electron chi connectivity index (χ1n) is 8.05. The van der Waals surface area contributed by atoms with E-state index in [0.29, 0.717) is 19.5 Å². The van der Waals surface area contributed by atoms with E-state index in [2.05, 4.69) is 10.6 Å². The smallest absolute Gasteiger partial charge is 0.237 e. The molecule has 1 aromatic rings. The second kappa shape index (κ2) is 8.31. The molecule has 2 atom stereocenters. The lowest BCUT2D eigenvalue weighted by molar-refractivity contribution is -0.128. The number of carbonyl (C=O) groups excluding carboxylic acids is 2. The highest BCUT2D eigenvalue weighted by atomic mass is 35.5. The topological polar surface area (TPSA) is 61.4 Å². The molecular formula is C17H24ClN3O2. The van der Waals surface area contributed by atoms with Crippen molar-refractivity contribution in [2.45, 2.75) is 31.8 Å². The van der Waals surface area contributed by atoms with Crippen LogP contribution in [0.25, 0.3) is 0 Å². The molecule has 126 valence electrons. The van der Waals surface area contributed by atoms with Gasteiger partial charge in [-0.15, -0.1) is 12.4 Å². The molecule has 0 saturated carbocycles. The number of rotatable bonds is 5. The van der Waals surface area contributed by atoms with Crippen LogP contribution >= 0.6 is 12.4 Å². The molecule has 2 aliphatic heterocycles. The van der Waals surface area contributed by atoms with E-state index in [9.17, 15) is 9.59 Å². The Balaban J connectivity index is 0.00000192. The van der Waals surface area contributed by atoms with Crippen molar-refractivity contribution in [1.82, 2.24) is 15.5 Å². The molecule has 2 aliphatic rings. The van der Waals surface area contributed by atoms with E-state index in [1.807, 2.05) is 35.2 Å². The summed E-state index contributed by atoms with van der Waals surface area (Å²) in [7, 11) is 0. The molecule has 2 N–H and O–H groups in total. The van der Waals surface area contributed by atoms with Gasteiger partial charge in [-0.05, 0) is 24.9 Å². The summed E-state index contributed by atoms with van der Waals surface area (Å²) in [5.74, 6) is 0.482. The lowest BCUT2D eigenvalue weighted by Crippen LogP contribution is -2.42. The molecule has 2 fully saturated rings. The van der Waals surface area contributed by atoms with Gasteiger partial charge in [0, 0.05) is 32.0 Å². The van der Waals surface area contributed by atoms with Crippen molar-refractivity contribution in [2.24, 2.45) is 5.92 Å². The maximum absolute atomic E-state index is 12.1. The van der Waals surface area contributed by atoms with Gasteiger partial charge >= 0.3 is 0 Å². The summed E-state index contributed by atoms with van der Waals surface area (Å²) in [6.45, 7) is 2.90. The molecular weight excluding hydrogens is 314 g/mol. The van der Waals surface area contributed by atoms with Gasteiger partial charge < -0.3 is 15.5 Å². The Labute approximate surface area is 143 Å². The lowest BCUT2D eigenvalue weighted by Gasteiger charge is -2.17. The number of benzene rings is 1. The third kappa shape index (κ3) is 4.69. The van der Waals surface area contributed by atoms with Crippen LogP contribution in [0.5, 0.6) is 0 Å². The maximum Gasteiger partial charge on any atom is 0.237 e. The second-order valence-corrected chi connectivity index (χ2v) is 6.22. The minimum atomic E-state index is -0.0440. The predicted molar refractivity (Wildman–Crippen MR) is 91.2 cm³/mol. The number of hydrogen-bond donors (Lipinski definition) is 2. The van der Waals surface area contributed by atoms with Crippen molar-refractivity contribution in [2.75, 3.05) is 19.6 Å². The van der Waals surface area contributed by atoms with E-state index in [1.165, 1.54) is 0 Å². The van der Waals surface area contributed by atoms with Crippen molar-refractivity contribution in [3.63, 3.8) is 0 Å². The largest absolute Gasteiger partial charge is 0.354 e. The van der Waals surface area contributed by atoms with E-state index in [0.717, 1.165) is 31.5 Å². The van der Waals surface area contributed by atoms with Gasteiger partial charge in [-0.1, -0.05) is 30.3 Å². The summed E-state index contributed by atoms with van der Waals surface area (Å²) in [5, 5.41) is 6.18. The molecule has 0 radical (unpaired) electrons. The quantitative estimate of drug-likeness (QED) is 0.852. The molecule has 5 nitrogen and oxygen atoms in total. The minimum Gasteiger partial charge on any atom is -0.354 e. The Hall–Kier alpha value is -1.59. The highest BCUT2D eigenvalue weighted by Gasteiger charge is 2.30. The van der Waals surface area contributed by atoms with Crippen molar-refractivity contribution in [3.05, 3.63) is 35.9 Å². The average molecular weight is 338 g/mol. The Kier molecular flexibility index (Phi) is 6.42. The zero-order chi connectivity index (χ0) is 15.4. The number of nitrogens with zero attached hydrogens (tertiary/aromatic N) is 1. The zero-order valence-corrected chi connectivity index (χ0v) is 14.0. The SMILES string of the molecule is Cl.O=C(NCC1CC(=O)N(Cc2ccccc2)C1)C1CCCN1. The average Bonchev–Trinajstić information content (AvgIpc) is 3.17. The normalized spacial score (nSPS) is 23.7. The monoisotopic (exact) mass is 337 g/mol. The first kappa shape index (κ1) is 17.8. The standard InChI is InChI=1S/C17H23N3O2.ClH/c21-16-9-14(10-19-17(22)15-7-4-8-18-15)12-20(16)11-13-5-2-1-3-6-13;/h1-3,5-6,14-15,18H,4,7-12H2,(H,19,22);1H. The molecule has 6 heteroatoms. The predicted octanol–water partition coefficient (Wildman–Crippen LogP) is 1.33. The molecule has 0 spiro atoms. The van der Waals surface area contributed by atoms with Gasteiger partial charge in [0.05, 0.1) is 6.04 Å². The maximum atomic E-state index is 12.1. The number of likely N-dealkylation sites (tertiary alicyclic amines) is 1. The number of halogens is 1. The van der Waals surface area contributed by atoms with Crippen LogP contribution in [0.15, 0.2) is 30.3 Å². The van der Waals surface area contributed by atoms with E-state index < -0.39 is 0 Å². The number of amides is 2. The van der Waals surface area contributed by atoms with Gasteiger partial charge in [-0.2, -0.15) is 0 Å². The third-order valence-electron chi connectivity index (χ3n) is 4.45. The van der Waals surface area contributed by atoms with Crippen LogP contribution in [0, 0.1) is 5.92 Å². The molecule has 2 saturated heterocycles. The van der Waals surface area contributed by atoms with Crippen molar-refractivity contribution in [1.29, 1.82) is 0 Å². The highest BCUT2D eigenvalue weighted by molar-refractivity contribution is 5.85. The van der Waals surface area contributed by atoms with Crippen molar-refractivity contribution >= 4 is 24.2 Å². The fourth-order valence-electron chi connectivity index (χ4n) is 3.22. The Morgan fingerprint density at radius 2 is 2.09 bits per heavy atom. The molecule has 23 heavy (non-hydrogen) atoms. The number of nitrogens with one attached hydrogen (secondary N) is 2. The minimum absolute atomic E-state index is 0. The summed E-state index contributed by atoms with van der Waals surface area (Å²) in [5.41, 5.74) is 1.15. The second-order valence-electron chi connectivity index (χ2n) is 6.22. The first-order chi connectivity index (χ1) is 10.7. The molecule has 0 bridgehead atoms. The van der Waals surface area contributed by atoms with Gasteiger partial charge in [0.25, 0.3) is 0 Å². The molecule has 2 unspecified atom stereocenters. The highest BCUT2D eigenvalue weighted by Crippen LogP contribution is 2.19. The van der Waals surface area contributed by atoms with Crippen LogP contribution < -0.4 is 10.6 Å². The molecule has 3 rings (SSSR count). The first-order valence-corrected chi connectivity index (χ1v) is 8.05. The van der Waals surface area contributed by atoms with Crippen LogP contribution in [-0.4, -0.2) is 42.4 Å². The number of hydrogen-bond acceptors (Lipinski definition) is 3. The molecule has 0 aliphatic carbocycles. The Morgan fingerprint density at radius 3 is 2.78 bits per heavy atom. The van der Waals surface area contributed by atoms with Crippen LogP contribution in [0.4, 0.5) is 0 Å². The van der Waals surface area contributed by atoms with Crippen molar-refractivity contribution in [3.8, 4) is 0 Å². The fraction of sp³-hybridized carbons (Fsp3) is 0.529. The van der Waals surface area contributed by atoms with Gasteiger partial charge in [-0.3, -0.25) is 9.59 Å². The van der Waals surface area contributed by atoms with Gasteiger partial charge in [-0.25, -0.2) is 0 Å². The lowest BCUT2D eigenvalue weighted by atomic mass is 10.1. The van der Waals surface area contributed by atoms with Gasteiger partial charge in [0.15, 0.2) is 0 Å². The van der Waals surface area contributed by atoms with Crippen molar-refractivity contribution < 1.29 is 9.59 Å². The summed E-state index contributed by atoms with van der Waals surface area (Å²) >= 11 is 0. The molecule has 2 amide bonds. The summed E-state index contributed by atoms with van der Waals surface area (Å²) < 4.78 is 0. The van der Waals surface area contributed by atoms with Crippen LogP contribution in [0.3, 0.4) is 0 Å². The summed E-state index contributed by atoms with van der Waals surface area (Å²) in [4.78, 5) is 26.0. The molecule has 1 aromatic carbocycles. The fourth-order valence-corrected chi connectivity index (χ4v) is 3.22. The summed E-state index contributed by atoms with van der Waals surface area (Å²) in [6.07, 6.45) is 2.51. The third-order valence-corrected chi connectivity index (χ3v) is 4.45. The number of carbonyl (C=O) groups is 2. The molecule has 0 aromatic heterocycles. The van der Waals surface area contributed by atoms with E-state index in [4.69, 9.17) is 0 Å². The van der Waals surface area contributed by atoms with E-state index in [-0.39, 0.29) is 36.2 Å². The zero-order valence-electron chi connectivity index (χ0n) is 13.2. The van der Waals surface area contributed by atoms with E-state index in [1.54, 1.807) is 0 Å².